The molecule has 1 aliphatic rings. The minimum atomic E-state index is 0.502. The third kappa shape index (κ3) is 1.32. The van der Waals surface area contributed by atoms with Crippen molar-refractivity contribution in [2.75, 3.05) is 11.9 Å². The Morgan fingerprint density at radius 2 is 2.23 bits per heavy atom. The second-order valence-electron chi connectivity index (χ2n) is 3.95. The maximum Gasteiger partial charge on any atom is 0.129 e. The van der Waals surface area contributed by atoms with Crippen LogP contribution in [0.3, 0.4) is 0 Å². The Labute approximate surface area is 79.2 Å². The molecule has 0 atom stereocenters. The molecule has 13 heavy (non-hydrogen) atoms. The first-order chi connectivity index (χ1) is 6.20. The average molecular weight is 179 g/mol. The van der Waals surface area contributed by atoms with E-state index in [0.29, 0.717) is 6.04 Å². The molecule has 1 aliphatic heterocycles. The zero-order chi connectivity index (χ0) is 9.42. The fourth-order valence-corrected chi connectivity index (χ4v) is 2.06. The van der Waals surface area contributed by atoms with Crippen LogP contribution in [0.1, 0.15) is 37.8 Å². The summed E-state index contributed by atoms with van der Waals surface area (Å²) in [5, 5.41) is 3.43. The molecule has 72 valence electrons. The Balaban J connectivity index is 2.48. The predicted octanol–water partition coefficient (Wildman–Crippen LogP) is 2.13. The molecule has 0 saturated carbocycles. The van der Waals surface area contributed by atoms with Crippen LogP contribution < -0.4 is 5.32 Å². The van der Waals surface area contributed by atoms with Gasteiger partial charge in [-0.15, -0.1) is 0 Å². The highest BCUT2D eigenvalue weighted by molar-refractivity contribution is 5.46. The van der Waals surface area contributed by atoms with Crippen LogP contribution in [0, 0.1) is 6.92 Å². The van der Waals surface area contributed by atoms with E-state index in [0.717, 1.165) is 18.8 Å². The van der Waals surface area contributed by atoms with Crippen LogP contribution in [0.25, 0.3) is 0 Å². The minimum absolute atomic E-state index is 0.502. The van der Waals surface area contributed by atoms with Crippen molar-refractivity contribution in [3.05, 3.63) is 11.5 Å². The van der Waals surface area contributed by atoms with Crippen LogP contribution in [0.5, 0.6) is 0 Å². The van der Waals surface area contributed by atoms with E-state index in [-0.39, 0.29) is 0 Å². The Morgan fingerprint density at radius 3 is 2.92 bits per heavy atom. The summed E-state index contributed by atoms with van der Waals surface area (Å²) in [6, 6.07) is 0.502. The lowest BCUT2D eigenvalue weighted by atomic mass is 10.2. The zero-order valence-corrected chi connectivity index (χ0v) is 8.59. The normalized spacial score (nSPS) is 15.7. The summed E-state index contributed by atoms with van der Waals surface area (Å²) in [6.45, 7) is 7.57. The van der Waals surface area contributed by atoms with E-state index in [1.54, 1.807) is 0 Å². The van der Waals surface area contributed by atoms with Crippen LogP contribution in [-0.4, -0.2) is 16.1 Å². The number of imidazole rings is 1. The Bertz CT molecular complexity index is 312. The summed E-state index contributed by atoms with van der Waals surface area (Å²) in [7, 11) is 0. The molecule has 2 heterocycles. The van der Waals surface area contributed by atoms with Gasteiger partial charge in [0.1, 0.15) is 11.6 Å². The second kappa shape index (κ2) is 3.05. The van der Waals surface area contributed by atoms with E-state index in [2.05, 4.69) is 35.6 Å². The molecule has 0 amide bonds. The third-order valence-electron chi connectivity index (χ3n) is 2.56. The molecule has 1 N–H and O–H groups in total. The molecule has 0 aromatic carbocycles. The van der Waals surface area contributed by atoms with E-state index in [1.807, 2.05) is 0 Å². The van der Waals surface area contributed by atoms with Crippen molar-refractivity contribution >= 4 is 5.82 Å². The minimum Gasteiger partial charge on any atom is -0.370 e. The van der Waals surface area contributed by atoms with Crippen LogP contribution in [0.15, 0.2) is 0 Å². The maximum absolute atomic E-state index is 4.57. The van der Waals surface area contributed by atoms with Crippen molar-refractivity contribution < 1.29 is 0 Å². The number of anilines is 1. The molecule has 0 saturated heterocycles. The molecule has 0 bridgehead atoms. The Morgan fingerprint density at radius 1 is 1.46 bits per heavy atom. The smallest absolute Gasteiger partial charge is 0.129 e. The number of nitrogens with one attached hydrogen (secondary N) is 1. The fraction of sp³-hybridized carbons (Fsp3) is 0.700. The van der Waals surface area contributed by atoms with Crippen LogP contribution in [0.2, 0.25) is 0 Å². The summed E-state index contributed by atoms with van der Waals surface area (Å²) in [5.74, 6) is 2.38. The van der Waals surface area contributed by atoms with Crippen LogP contribution in [-0.2, 0) is 6.42 Å². The van der Waals surface area contributed by atoms with Crippen molar-refractivity contribution in [1.29, 1.82) is 0 Å². The van der Waals surface area contributed by atoms with E-state index >= 15 is 0 Å². The molecule has 1 aromatic heterocycles. The van der Waals surface area contributed by atoms with Gasteiger partial charge in [0.05, 0.1) is 5.69 Å². The number of nitrogens with zero attached hydrogens (tertiary/aromatic N) is 2. The van der Waals surface area contributed by atoms with Gasteiger partial charge >= 0.3 is 0 Å². The number of aryl methyl sites for hydroxylation is 2. The summed E-state index contributed by atoms with van der Waals surface area (Å²) < 4.78 is 2.29. The molecule has 2 rings (SSSR count). The van der Waals surface area contributed by atoms with Crippen molar-refractivity contribution in [2.24, 2.45) is 0 Å². The van der Waals surface area contributed by atoms with Gasteiger partial charge in [0, 0.05) is 12.6 Å². The molecular weight excluding hydrogens is 162 g/mol. The molecular formula is C10H17N3. The molecule has 0 radical (unpaired) electrons. The third-order valence-corrected chi connectivity index (χ3v) is 2.56. The zero-order valence-electron chi connectivity index (χ0n) is 8.59. The van der Waals surface area contributed by atoms with Crippen LogP contribution >= 0.6 is 0 Å². The summed E-state index contributed by atoms with van der Waals surface area (Å²) >= 11 is 0. The van der Waals surface area contributed by atoms with Gasteiger partial charge in [-0.3, -0.25) is 0 Å². The largest absolute Gasteiger partial charge is 0.370 e. The van der Waals surface area contributed by atoms with E-state index in [1.165, 1.54) is 17.9 Å². The molecule has 0 spiro atoms. The van der Waals surface area contributed by atoms with Gasteiger partial charge in [0.15, 0.2) is 0 Å². The number of hydrogen-bond donors (Lipinski definition) is 1. The first-order valence-corrected chi connectivity index (χ1v) is 5.01. The quantitative estimate of drug-likeness (QED) is 0.715. The van der Waals surface area contributed by atoms with E-state index in [4.69, 9.17) is 0 Å². The molecule has 0 unspecified atom stereocenters. The summed E-state index contributed by atoms with van der Waals surface area (Å²) in [6.07, 6.45) is 2.34. The topological polar surface area (TPSA) is 29.9 Å². The number of hydrogen-bond acceptors (Lipinski definition) is 2. The summed E-state index contributed by atoms with van der Waals surface area (Å²) in [5.41, 5.74) is 1.25. The van der Waals surface area contributed by atoms with Gasteiger partial charge in [0.25, 0.3) is 0 Å². The van der Waals surface area contributed by atoms with Crippen molar-refractivity contribution in [3.8, 4) is 0 Å². The number of aromatic nitrogens is 2. The maximum atomic E-state index is 4.57. The highest BCUT2D eigenvalue weighted by atomic mass is 15.2. The lowest BCUT2D eigenvalue weighted by molar-refractivity contribution is 0.584. The lowest BCUT2D eigenvalue weighted by Crippen LogP contribution is -2.16. The Kier molecular flexibility index (Phi) is 2.02. The van der Waals surface area contributed by atoms with Crippen molar-refractivity contribution in [2.45, 2.75) is 39.7 Å². The molecule has 3 heteroatoms. The summed E-state index contributed by atoms with van der Waals surface area (Å²) in [4.78, 5) is 4.57. The van der Waals surface area contributed by atoms with Gasteiger partial charge < -0.3 is 9.88 Å². The molecule has 1 aromatic rings. The average Bonchev–Trinajstić information content (AvgIpc) is 2.39. The molecule has 3 nitrogen and oxygen atoms in total. The van der Waals surface area contributed by atoms with Gasteiger partial charge in [0.2, 0.25) is 0 Å². The standard InChI is InChI=1S/C10H17N3/c1-7(2)13-8(3)12-9-5-4-6-11-10(9)13/h7,11H,4-6H2,1-3H3. The van der Waals surface area contributed by atoms with Crippen LogP contribution in [0.4, 0.5) is 5.82 Å². The SMILES string of the molecule is Cc1nc2c(n1C(C)C)NCCC2. The molecule has 0 fully saturated rings. The predicted molar refractivity (Wildman–Crippen MR) is 54.2 cm³/mol. The number of rotatable bonds is 1. The highest BCUT2D eigenvalue weighted by Crippen LogP contribution is 2.26. The van der Waals surface area contributed by atoms with Gasteiger partial charge in [-0.05, 0) is 33.6 Å². The highest BCUT2D eigenvalue weighted by Gasteiger charge is 2.18. The van der Waals surface area contributed by atoms with Crippen molar-refractivity contribution in [3.63, 3.8) is 0 Å². The first kappa shape index (κ1) is 8.60. The van der Waals surface area contributed by atoms with Gasteiger partial charge in [-0.1, -0.05) is 0 Å². The number of fused-ring (bicyclic) bond motifs is 1. The van der Waals surface area contributed by atoms with E-state index in [9.17, 15) is 0 Å². The Hall–Kier alpha value is -0.990. The van der Waals surface area contributed by atoms with Gasteiger partial charge in [-0.2, -0.15) is 0 Å². The lowest BCUT2D eigenvalue weighted by Gasteiger charge is -2.19. The van der Waals surface area contributed by atoms with Crippen molar-refractivity contribution in [1.82, 2.24) is 9.55 Å². The fourth-order valence-electron chi connectivity index (χ4n) is 2.06. The molecule has 0 aliphatic carbocycles. The van der Waals surface area contributed by atoms with Gasteiger partial charge in [-0.25, -0.2) is 4.98 Å². The second-order valence-corrected chi connectivity index (χ2v) is 3.95. The van der Waals surface area contributed by atoms with E-state index < -0.39 is 0 Å². The first-order valence-electron chi connectivity index (χ1n) is 5.01. The monoisotopic (exact) mass is 179 g/mol.